The van der Waals surface area contributed by atoms with Crippen molar-refractivity contribution in [1.29, 1.82) is 0 Å². The van der Waals surface area contributed by atoms with E-state index in [2.05, 4.69) is 5.32 Å². The Kier molecular flexibility index (Phi) is 5.40. The highest BCUT2D eigenvalue weighted by Crippen LogP contribution is 2.34. The highest BCUT2D eigenvalue weighted by Gasteiger charge is 2.36. The molecule has 0 aromatic rings. The maximum Gasteiger partial charge on any atom is 0.220 e. The van der Waals surface area contributed by atoms with Crippen LogP contribution in [0.3, 0.4) is 0 Å². The summed E-state index contributed by atoms with van der Waals surface area (Å²) < 4.78 is 5.41. The molecular weight excluding hydrogens is 214 g/mol. The summed E-state index contributed by atoms with van der Waals surface area (Å²) in [7, 11) is 1.72. The van der Waals surface area contributed by atoms with Crippen LogP contribution in [0.4, 0.5) is 0 Å². The van der Waals surface area contributed by atoms with Gasteiger partial charge in [0.15, 0.2) is 0 Å². The van der Waals surface area contributed by atoms with Gasteiger partial charge in [-0.25, -0.2) is 0 Å². The van der Waals surface area contributed by atoms with Crippen LogP contribution in [0.25, 0.3) is 0 Å². The number of methoxy groups -OCH3 is 1. The molecule has 0 bridgehead atoms. The van der Waals surface area contributed by atoms with Gasteiger partial charge in [0.1, 0.15) is 0 Å². The number of carbonyl (C=O) groups is 1. The number of nitrogens with one attached hydrogen (secondary N) is 1. The summed E-state index contributed by atoms with van der Waals surface area (Å²) in [5.41, 5.74) is -0.0673. The molecule has 1 fully saturated rings. The Hall–Kier alpha value is -0.280. The zero-order valence-electron chi connectivity index (χ0n) is 9.35. The van der Waals surface area contributed by atoms with Gasteiger partial charge in [-0.15, -0.1) is 11.6 Å². The first-order chi connectivity index (χ1) is 7.22. The lowest BCUT2D eigenvalue weighted by Crippen LogP contribution is -2.49. The van der Waals surface area contributed by atoms with Crippen LogP contribution in [0.2, 0.25) is 0 Å². The largest absolute Gasteiger partial charge is 0.376 e. The first-order valence-electron chi connectivity index (χ1n) is 5.60. The fourth-order valence-electron chi connectivity index (χ4n) is 1.75. The smallest absolute Gasteiger partial charge is 0.220 e. The lowest BCUT2D eigenvalue weighted by Gasteiger charge is -2.40. The second kappa shape index (κ2) is 6.33. The lowest BCUT2D eigenvalue weighted by atomic mass is 9.80. The molecule has 0 aliphatic heterocycles. The van der Waals surface area contributed by atoms with E-state index in [0.29, 0.717) is 18.8 Å². The first-order valence-corrected chi connectivity index (χ1v) is 6.14. The van der Waals surface area contributed by atoms with E-state index >= 15 is 0 Å². The minimum atomic E-state index is -0.0673. The Morgan fingerprint density at radius 3 is 2.67 bits per heavy atom. The zero-order valence-corrected chi connectivity index (χ0v) is 10.1. The number of alkyl halides is 1. The van der Waals surface area contributed by atoms with Gasteiger partial charge in [-0.1, -0.05) is 0 Å². The molecule has 0 spiro atoms. The Bertz CT molecular complexity index is 199. The quantitative estimate of drug-likeness (QED) is 0.540. The van der Waals surface area contributed by atoms with Gasteiger partial charge >= 0.3 is 0 Å². The fraction of sp³-hybridized carbons (Fsp3) is 0.909. The Morgan fingerprint density at radius 2 is 2.20 bits per heavy atom. The molecule has 1 amide bonds. The maximum atomic E-state index is 11.4. The highest BCUT2D eigenvalue weighted by molar-refractivity contribution is 6.17. The molecule has 0 unspecified atom stereocenters. The molecule has 1 N–H and O–H groups in total. The number of halogens is 1. The molecule has 0 atom stereocenters. The average molecular weight is 234 g/mol. The third-order valence-electron chi connectivity index (χ3n) is 3.09. The molecule has 0 aromatic carbocycles. The zero-order chi connectivity index (χ0) is 11.1. The Morgan fingerprint density at radius 1 is 1.47 bits per heavy atom. The second-order valence-electron chi connectivity index (χ2n) is 4.16. The number of hydrogen-bond donors (Lipinski definition) is 1. The number of unbranched alkanes of at least 4 members (excludes halogenated alkanes) is 1. The summed E-state index contributed by atoms with van der Waals surface area (Å²) in [5, 5.41) is 2.93. The summed E-state index contributed by atoms with van der Waals surface area (Å²) in [4.78, 5) is 11.4. The van der Waals surface area contributed by atoms with Crippen LogP contribution in [0.1, 0.15) is 38.5 Å². The summed E-state index contributed by atoms with van der Waals surface area (Å²) in [5.74, 6) is 0.749. The molecule has 1 aliphatic rings. The van der Waals surface area contributed by atoms with E-state index in [9.17, 15) is 4.79 Å². The number of hydrogen-bond acceptors (Lipinski definition) is 2. The Labute approximate surface area is 96.5 Å². The van der Waals surface area contributed by atoms with Gasteiger partial charge in [-0.05, 0) is 32.1 Å². The topological polar surface area (TPSA) is 38.3 Å². The summed E-state index contributed by atoms with van der Waals surface area (Å²) in [6.45, 7) is 0.656. The van der Waals surface area contributed by atoms with Crippen molar-refractivity contribution < 1.29 is 9.53 Å². The number of rotatable bonds is 7. The van der Waals surface area contributed by atoms with Crippen LogP contribution in [0.15, 0.2) is 0 Å². The standard InChI is InChI=1S/C11H20ClNO2/c1-15-11(6-4-7-11)9-13-10(14)5-2-3-8-12/h2-9H2,1H3,(H,13,14). The van der Waals surface area contributed by atoms with Crippen molar-refractivity contribution in [2.45, 2.75) is 44.1 Å². The molecule has 0 heterocycles. The Balaban J connectivity index is 2.10. The normalized spacial score (nSPS) is 18.3. The first kappa shape index (κ1) is 12.8. The van der Waals surface area contributed by atoms with E-state index in [-0.39, 0.29) is 11.5 Å². The molecule has 3 nitrogen and oxygen atoms in total. The average Bonchev–Trinajstić information content (AvgIpc) is 2.17. The van der Waals surface area contributed by atoms with E-state index in [1.54, 1.807) is 7.11 Å². The molecule has 0 radical (unpaired) electrons. The minimum Gasteiger partial charge on any atom is -0.376 e. The van der Waals surface area contributed by atoms with Crippen LogP contribution in [0.5, 0.6) is 0 Å². The third kappa shape index (κ3) is 3.99. The van der Waals surface area contributed by atoms with Gasteiger partial charge in [0.2, 0.25) is 5.91 Å². The van der Waals surface area contributed by atoms with E-state index in [1.165, 1.54) is 6.42 Å². The van der Waals surface area contributed by atoms with Gasteiger partial charge in [-0.3, -0.25) is 4.79 Å². The number of amides is 1. The van der Waals surface area contributed by atoms with Crippen LogP contribution in [-0.2, 0) is 9.53 Å². The van der Waals surface area contributed by atoms with Crippen molar-refractivity contribution in [3.05, 3.63) is 0 Å². The number of carbonyl (C=O) groups excluding carboxylic acids is 1. The predicted octanol–water partition coefficient (Wildman–Crippen LogP) is 2.08. The van der Waals surface area contributed by atoms with Gasteiger partial charge in [0.25, 0.3) is 0 Å². The van der Waals surface area contributed by atoms with E-state index in [1.807, 2.05) is 0 Å². The second-order valence-corrected chi connectivity index (χ2v) is 4.54. The molecule has 0 saturated heterocycles. The maximum absolute atomic E-state index is 11.4. The molecule has 1 aliphatic carbocycles. The van der Waals surface area contributed by atoms with Crippen molar-refractivity contribution in [2.75, 3.05) is 19.5 Å². The predicted molar refractivity (Wildman–Crippen MR) is 61.2 cm³/mol. The summed E-state index contributed by atoms with van der Waals surface area (Å²) >= 11 is 5.54. The summed E-state index contributed by atoms with van der Waals surface area (Å²) in [6.07, 6.45) is 5.68. The molecule has 15 heavy (non-hydrogen) atoms. The van der Waals surface area contributed by atoms with Crippen molar-refractivity contribution in [2.24, 2.45) is 0 Å². The highest BCUT2D eigenvalue weighted by atomic mass is 35.5. The van der Waals surface area contributed by atoms with E-state index < -0.39 is 0 Å². The molecule has 4 heteroatoms. The lowest BCUT2D eigenvalue weighted by molar-refractivity contribution is -0.125. The molecule has 1 rings (SSSR count). The van der Waals surface area contributed by atoms with Crippen molar-refractivity contribution in [1.82, 2.24) is 5.32 Å². The van der Waals surface area contributed by atoms with Crippen LogP contribution in [-0.4, -0.2) is 31.0 Å². The van der Waals surface area contributed by atoms with Crippen molar-refractivity contribution in [3.8, 4) is 0 Å². The fourth-order valence-corrected chi connectivity index (χ4v) is 1.94. The minimum absolute atomic E-state index is 0.0673. The van der Waals surface area contributed by atoms with Gasteiger partial charge in [0.05, 0.1) is 5.60 Å². The van der Waals surface area contributed by atoms with Crippen molar-refractivity contribution >= 4 is 17.5 Å². The van der Waals surface area contributed by atoms with Crippen molar-refractivity contribution in [3.63, 3.8) is 0 Å². The van der Waals surface area contributed by atoms with Crippen LogP contribution < -0.4 is 5.32 Å². The van der Waals surface area contributed by atoms with E-state index in [0.717, 1.165) is 25.7 Å². The van der Waals surface area contributed by atoms with Gasteiger partial charge in [0, 0.05) is 26.0 Å². The monoisotopic (exact) mass is 233 g/mol. The van der Waals surface area contributed by atoms with E-state index in [4.69, 9.17) is 16.3 Å². The molecule has 1 saturated carbocycles. The third-order valence-corrected chi connectivity index (χ3v) is 3.36. The molecular formula is C11H20ClNO2. The van der Waals surface area contributed by atoms with Gasteiger partial charge in [-0.2, -0.15) is 0 Å². The van der Waals surface area contributed by atoms with Crippen LogP contribution in [0, 0.1) is 0 Å². The number of ether oxygens (including phenoxy) is 1. The summed E-state index contributed by atoms with van der Waals surface area (Å²) in [6, 6.07) is 0. The molecule has 88 valence electrons. The molecule has 0 aromatic heterocycles. The van der Waals surface area contributed by atoms with Crippen LogP contribution >= 0.6 is 11.6 Å². The SMILES string of the molecule is COC1(CNC(=O)CCCCCl)CCC1. The van der Waals surface area contributed by atoms with Gasteiger partial charge < -0.3 is 10.1 Å².